The van der Waals surface area contributed by atoms with Crippen molar-refractivity contribution in [1.29, 1.82) is 0 Å². The topological polar surface area (TPSA) is 64.1 Å². The molecule has 0 bridgehead atoms. The van der Waals surface area contributed by atoms with Gasteiger partial charge in [-0.1, -0.05) is 26.8 Å². The van der Waals surface area contributed by atoms with E-state index in [1.807, 2.05) is 0 Å². The van der Waals surface area contributed by atoms with Crippen molar-refractivity contribution >= 4 is 5.96 Å². The predicted molar refractivity (Wildman–Crippen MR) is 115 cm³/mol. The number of ether oxygens (including phenoxy) is 3. The molecule has 0 amide bonds. The lowest BCUT2D eigenvalue weighted by Gasteiger charge is -2.40. The molecule has 2 N–H and O–H groups in total. The highest BCUT2D eigenvalue weighted by Crippen LogP contribution is 2.33. The van der Waals surface area contributed by atoms with Crippen LogP contribution in [0.4, 0.5) is 13.2 Å². The van der Waals surface area contributed by atoms with Crippen molar-refractivity contribution < 1.29 is 27.4 Å². The van der Waals surface area contributed by atoms with Gasteiger partial charge in [0, 0.05) is 32.7 Å². The predicted octanol–water partition coefficient (Wildman–Crippen LogP) is 4.14. The Morgan fingerprint density at radius 2 is 1.94 bits per heavy atom. The van der Waals surface area contributed by atoms with Crippen LogP contribution in [0, 0.1) is 11.3 Å². The molecule has 1 aromatic carbocycles. The van der Waals surface area contributed by atoms with Gasteiger partial charge in [-0.2, -0.15) is 13.2 Å². The Kier molecular flexibility index (Phi) is 8.85. The third kappa shape index (κ3) is 8.12. The zero-order valence-electron chi connectivity index (χ0n) is 18.9. The van der Waals surface area contributed by atoms with Gasteiger partial charge in [0.15, 0.2) is 24.1 Å². The molecule has 0 saturated carbocycles. The van der Waals surface area contributed by atoms with Gasteiger partial charge in [0.2, 0.25) is 0 Å². The van der Waals surface area contributed by atoms with Gasteiger partial charge < -0.3 is 24.8 Å². The van der Waals surface area contributed by atoms with Crippen LogP contribution in [-0.2, 0) is 11.3 Å². The van der Waals surface area contributed by atoms with Gasteiger partial charge in [0.1, 0.15) is 0 Å². The average molecular weight is 446 g/mol. The Labute approximate surface area is 182 Å². The van der Waals surface area contributed by atoms with Crippen molar-refractivity contribution in [1.82, 2.24) is 10.6 Å². The zero-order valence-corrected chi connectivity index (χ0v) is 18.9. The van der Waals surface area contributed by atoms with Crippen molar-refractivity contribution in [3.05, 3.63) is 23.8 Å². The maximum absolute atomic E-state index is 12.4. The summed E-state index contributed by atoms with van der Waals surface area (Å²) in [5.74, 6) is 1.34. The summed E-state index contributed by atoms with van der Waals surface area (Å²) >= 11 is 0. The number of aliphatic imine (C=N–C) groups is 1. The highest BCUT2D eigenvalue weighted by Gasteiger charge is 2.35. The Morgan fingerprint density at radius 3 is 2.55 bits per heavy atom. The third-order valence-electron chi connectivity index (χ3n) is 5.13. The second kappa shape index (κ2) is 10.9. The Morgan fingerprint density at radius 1 is 1.19 bits per heavy atom. The number of rotatable bonds is 7. The summed E-state index contributed by atoms with van der Waals surface area (Å²) in [7, 11) is 3.09. The van der Waals surface area contributed by atoms with Gasteiger partial charge in [0.05, 0.1) is 13.2 Å². The molecule has 0 spiro atoms. The summed E-state index contributed by atoms with van der Waals surface area (Å²) in [5.41, 5.74) is 0.892. The number of hydrogen-bond acceptors (Lipinski definition) is 4. The summed E-state index contributed by atoms with van der Waals surface area (Å²) in [4.78, 5) is 4.26. The molecule has 31 heavy (non-hydrogen) atoms. The second-order valence-corrected chi connectivity index (χ2v) is 8.76. The molecule has 1 aliphatic rings. The lowest BCUT2D eigenvalue weighted by atomic mass is 9.78. The quantitative estimate of drug-likeness (QED) is 0.488. The summed E-state index contributed by atoms with van der Waals surface area (Å²) < 4.78 is 53.2. The standard InChI is InChI=1S/C22H34F3N3O3/c1-21(2,3)19-16(7-6-10-30-19)13-28-20(26-4)27-12-15-8-9-17(18(11-15)29-5)31-14-22(23,24)25/h8-9,11,16,19H,6-7,10,12-14H2,1-5H3,(H2,26,27,28). The number of halogens is 3. The fourth-order valence-electron chi connectivity index (χ4n) is 3.74. The van der Waals surface area contributed by atoms with Gasteiger partial charge in [-0.3, -0.25) is 4.99 Å². The van der Waals surface area contributed by atoms with Crippen molar-refractivity contribution in [2.75, 3.05) is 33.9 Å². The first-order valence-corrected chi connectivity index (χ1v) is 10.5. The molecule has 6 nitrogen and oxygen atoms in total. The molecule has 0 radical (unpaired) electrons. The van der Waals surface area contributed by atoms with E-state index in [2.05, 4.69) is 36.4 Å². The molecular formula is C22H34F3N3O3. The fourth-order valence-corrected chi connectivity index (χ4v) is 3.74. The second-order valence-electron chi connectivity index (χ2n) is 8.76. The van der Waals surface area contributed by atoms with E-state index in [1.54, 1.807) is 19.2 Å². The summed E-state index contributed by atoms with van der Waals surface area (Å²) in [6.07, 6.45) is -2.07. The molecule has 1 fully saturated rings. The maximum Gasteiger partial charge on any atom is 0.422 e. The van der Waals surface area contributed by atoms with Crippen LogP contribution in [0.3, 0.4) is 0 Å². The Balaban J connectivity index is 1.91. The first-order valence-electron chi connectivity index (χ1n) is 10.5. The number of nitrogens with zero attached hydrogens (tertiary/aromatic N) is 1. The van der Waals surface area contributed by atoms with Crippen LogP contribution in [0.1, 0.15) is 39.2 Å². The average Bonchev–Trinajstić information content (AvgIpc) is 2.71. The molecule has 0 aromatic heterocycles. The molecule has 2 atom stereocenters. The largest absolute Gasteiger partial charge is 0.493 e. The molecule has 9 heteroatoms. The highest BCUT2D eigenvalue weighted by atomic mass is 19.4. The first-order chi connectivity index (χ1) is 14.5. The van der Waals surface area contributed by atoms with Crippen molar-refractivity contribution in [3.63, 3.8) is 0 Å². The van der Waals surface area contributed by atoms with Crippen LogP contribution >= 0.6 is 0 Å². The minimum absolute atomic E-state index is 0.0524. The SMILES string of the molecule is CN=C(NCc1ccc(OCC(F)(F)F)c(OC)c1)NCC1CCCOC1C(C)(C)C. The number of hydrogen-bond donors (Lipinski definition) is 2. The van der Waals surface area contributed by atoms with Crippen molar-refractivity contribution in [3.8, 4) is 11.5 Å². The smallest absolute Gasteiger partial charge is 0.422 e. The van der Waals surface area contributed by atoms with Gasteiger partial charge in [-0.15, -0.1) is 0 Å². The van der Waals surface area contributed by atoms with E-state index in [1.165, 1.54) is 13.2 Å². The Bertz CT molecular complexity index is 733. The van der Waals surface area contributed by atoms with Gasteiger partial charge in [0.25, 0.3) is 0 Å². The molecule has 2 rings (SSSR count). The molecule has 1 aliphatic heterocycles. The lowest BCUT2D eigenvalue weighted by Crippen LogP contribution is -2.47. The number of methoxy groups -OCH3 is 1. The summed E-state index contributed by atoms with van der Waals surface area (Å²) in [6, 6.07) is 4.82. The number of nitrogens with one attached hydrogen (secondary N) is 2. The third-order valence-corrected chi connectivity index (χ3v) is 5.13. The van der Waals surface area contributed by atoms with Crippen LogP contribution < -0.4 is 20.1 Å². The van der Waals surface area contributed by atoms with E-state index >= 15 is 0 Å². The van der Waals surface area contributed by atoms with Crippen LogP contribution in [-0.4, -0.2) is 52.2 Å². The van der Waals surface area contributed by atoms with E-state index in [0.717, 1.165) is 31.6 Å². The van der Waals surface area contributed by atoms with E-state index in [4.69, 9.17) is 14.2 Å². The molecule has 1 saturated heterocycles. The van der Waals surface area contributed by atoms with E-state index in [-0.39, 0.29) is 23.0 Å². The van der Waals surface area contributed by atoms with Gasteiger partial charge >= 0.3 is 6.18 Å². The fraction of sp³-hybridized carbons (Fsp3) is 0.682. The van der Waals surface area contributed by atoms with Crippen LogP contribution in [0.15, 0.2) is 23.2 Å². The maximum atomic E-state index is 12.4. The van der Waals surface area contributed by atoms with Crippen LogP contribution in [0.25, 0.3) is 0 Å². The number of benzene rings is 1. The first kappa shape index (κ1) is 25.1. The number of guanidine groups is 1. The zero-order chi connectivity index (χ0) is 23.1. The van der Waals surface area contributed by atoms with Crippen LogP contribution in [0.5, 0.6) is 11.5 Å². The van der Waals surface area contributed by atoms with Crippen LogP contribution in [0.2, 0.25) is 0 Å². The highest BCUT2D eigenvalue weighted by molar-refractivity contribution is 5.79. The summed E-state index contributed by atoms with van der Waals surface area (Å²) in [5, 5.41) is 6.59. The molecule has 2 unspecified atom stereocenters. The Hall–Kier alpha value is -2.16. The normalized spacial score (nSPS) is 20.3. The molecule has 1 heterocycles. The molecule has 0 aliphatic carbocycles. The monoisotopic (exact) mass is 445 g/mol. The minimum atomic E-state index is -4.40. The van der Waals surface area contributed by atoms with E-state index in [0.29, 0.717) is 18.4 Å². The van der Waals surface area contributed by atoms with Crippen molar-refractivity contribution in [2.24, 2.45) is 16.3 Å². The van der Waals surface area contributed by atoms with Gasteiger partial charge in [-0.05, 0) is 36.0 Å². The van der Waals surface area contributed by atoms with E-state index < -0.39 is 12.8 Å². The van der Waals surface area contributed by atoms with Crippen molar-refractivity contribution in [2.45, 2.75) is 52.4 Å². The molecule has 1 aromatic rings. The van der Waals surface area contributed by atoms with E-state index in [9.17, 15) is 13.2 Å². The van der Waals surface area contributed by atoms with Gasteiger partial charge in [-0.25, -0.2) is 0 Å². The summed E-state index contributed by atoms with van der Waals surface area (Å²) in [6.45, 7) is 7.19. The minimum Gasteiger partial charge on any atom is -0.493 e. The molecular weight excluding hydrogens is 411 g/mol. The lowest BCUT2D eigenvalue weighted by molar-refractivity contribution is -0.153. The molecule has 176 valence electrons. The number of alkyl halides is 3.